The van der Waals surface area contributed by atoms with Crippen LogP contribution in [0.1, 0.15) is 12.5 Å². The van der Waals surface area contributed by atoms with E-state index in [4.69, 9.17) is 10.2 Å². The van der Waals surface area contributed by atoms with Crippen LogP contribution in [0.5, 0.6) is 0 Å². The lowest BCUT2D eigenvalue weighted by atomic mass is 10.1. The van der Waals surface area contributed by atoms with Gasteiger partial charge < -0.3 is 15.5 Å². The summed E-state index contributed by atoms with van der Waals surface area (Å²) in [5, 5.41) is 20.9. The maximum atomic E-state index is 9.17. The molecule has 0 aliphatic heterocycles. The van der Waals surface area contributed by atoms with Crippen LogP contribution in [0.2, 0.25) is 0 Å². The predicted molar refractivity (Wildman–Crippen MR) is 65.1 cm³/mol. The maximum absolute atomic E-state index is 9.17. The Labute approximate surface area is 98.3 Å². The Kier molecular flexibility index (Phi) is 5.08. The summed E-state index contributed by atoms with van der Waals surface area (Å²) in [7, 11) is 0. The van der Waals surface area contributed by atoms with Gasteiger partial charge in [-0.1, -0.05) is 28.9 Å². The van der Waals surface area contributed by atoms with Crippen molar-refractivity contribution in [2.45, 2.75) is 19.4 Å². The third kappa shape index (κ3) is 3.81. The Morgan fingerprint density at radius 2 is 2.20 bits per heavy atom. The predicted octanol–water partition coefficient (Wildman–Crippen LogP) is 1.78. The topological polar surface area (TPSA) is 52.5 Å². The van der Waals surface area contributed by atoms with Crippen molar-refractivity contribution in [3.63, 3.8) is 0 Å². The fourth-order valence-electron chi connectivity index (χ4n) is 1.24. The molecule has 3 nitrogen and oxygen atoms in total. The van der Waals surface area contributed by atoms with Crippen molar-refractivity contribution in [3.8, 4) is 0 Å². The van der Waals surface area contributed by atoms with Crippen LogP contribution in [0.4, 0.5) is 5.69 Å². The van der Waals surface area contributed by atoms with Gasteiger partial charge in [-0.25, -0.2) is 0 Å². The smallest absolute Gasteiger partial charge is 0.0942 e. The zero-order chi connectivity index (χ0) is 11.3. The number of aliphatic hydroxyl groups is 2. The molecule has 84 valence electrons. The Morgan fingerprint density at radius 1 is 1.47 bits per heavy atom. The fourth-order valence-corrected chi connectivity index (χ4v) is 1.90. The zero-order valence-electron chi connectivity index (χ0n) is 8.70. The van der Waals surface area contributed by atoms with Crippen LogP contribution in [0, 0.1) is 0 Å². The quantitative estimate of drug-likeness (QED) is 0.767. The van der Waals surface area contributed by atoms with Gasteiger partial charge in [0.25, 0.3) is 0 Å². The van der Waals surface area contributed by atoms with E-state index in [1.54, 1.807) is 0 Å². The monoisotopic (exact) mass is 273 g/mol. The molecule has 0 fully saturated rings. The summed E-state index contributed by atoms with van der Waals surface area (Å²) in [5.74, 6) is 0. The third-order valence-electron chi connectivity index (χ3n) is 2.19. The second kappa shape index (κ2) is 6.10. The molecule has 0 aliphatic rings. The normalized spacial score (nSPS) is 12.5. The molecule has 0 saturated carbocycles. The zero-order valence-corrected chi connectivity index (χ0v) is 10.3. The van der Waals surface area contributed by atoms with Gasteiger partial charge in [-0.15, -0.1) is 0 Å². The van der Waals surface area contributed by atoms with Gasteiger partial charge in [-0.3, -0.25) is 0 Å². The molecule has 15 heavy (non-hydrogen) atoms. The molecule has 3 N–H and O–H groups in total. The van der Waals surface area contributed by atoms with E-state index in [1.807, 2.05) is 18.2 Å². The number of rotatable bonds is 5. The summed E-state index contributed by atoms with van der Waals surface area (Å²) in [5.41, 5.74) is 2.19. The highest BCUT2D eigenvalue weighted by molar-refractivity contribution is 9.10. The summed E-state index contributed by atoms with van der Waals surface area (Å²) in [6.07, 6.45) is 0.273. The summed E-state index contributed by atoms with van der Waals surface area (Å²) < 4.78 is 1.06. The Morgan fingerprint density at radius 3 is 2.73 bits per heavy atom. The van der Waals surface area contributed by atoms with Crippen LogP contribution in [0.15, 0.2) is 22.7 Å². The summed E-state index contributed by atoms with van der Waals surface area (Å²) >= 11 is 3.48. The Balaban J connectivity index is 2.59. The molecule has 4 heteroatoms. The average molecular weight is 274 g/mol. The maximum Gasteiger partial charge on any atom is 0.0942 e. The number of halogens is 1. The van der Waals surface area contributed by atoms with Crippen molar-refractivity contribution in [2.24, 2.45) is 0 Å². The molecular formula is C11H16BrNO2. The lowest BCUT2D eigenvalue weighted by molar-refractivity contribution is 0.105. The van der Waals surface area contributed by atoms with Crippen molar-refractivity contribution < 1.29 is 10.2 Å². The van der Waals surface area contributed by atoms with E-state index >= 15 is 0 Å². The number of aliphatic hydroxyl groups excluding tert-OH is 2. The molecule has 1 atom stereocenters. The number of benzene rings is 1. The average Bonchev–Trinajstić information content (AvgIpc) is 2.26. The largest absolute Gasteiger partial charge is 0.394 e. The number of aryl methyl sites for hydroxylation is 1. The van der Waals surface area contributed by atoms with E-state index in [2.05, 4.69) is 28.2 Å². The number of nitrogens with one attached hydrogen (secondary N) is 1. The first-order valence-corrected chi connectivity index (χ1v) is 5.78. The first kappa shape index (κ1) is 12.5. The van der Waals surface area contributed by atoms with E-state index < -0.39 is 6.10 Å². The summed E-state index contributed by atoms with van der Waals surface area (Å²) in [6, 6.07) is 5.98. The highest BCUT2D eigenvalue weighted by Crippen LogP contribution is 2.21. The minimum Gasteiger partial charge on any atom is -0.394 e. The molecular weight excluding hydrogens is 258 g/mol. The molecule has 1 rings (SSSR count). The molecule has 1 aromatic rings. The van der Waals surface area contributed by atoms with Crippen molar-refractivity contribution in [1.82, 2.24) is 0 Å². The number of anilines is 1. The number of hydrogen-bond donors (Lipinski definition) is 3. The summed E-state index contributed by atoms with van der Waals surface area (Å²) in [4.78, 5) is 0. The number of hydrogen-bond acceptors (Lipinski definition) is 3. The highest BCUT2D eigenvalue weighted by Gasteiger charge is 2.03. The minimum absolute atomic E-state index is 0.221. The molecule has 0 saturated heterocycles. The van der Waals surface area contributed by atoms with Gasteiger partial charge in [-0.05, 0) is 24.1 Å². The second-order valence-corrected chi connectivity index (χ2v) is 4.23. The van der Waals surface area contributed by atoms with E-state index in [0.29, 0.717) is 6.54 Å². The van der Waals surface area contributed by atoms with Crippen LogP contribution in [-0.2, 0) is 6.42 Å². The van der Waals surface area contributed by atoms with Crippen molar-refractivity contribution in [2.75, 3.05) is 18.5 Å². The first-order valence-electron chi connectivity index (χ1n) is 4.98. The molecule has 1 aromatic carbocycles. The van der Waals surface area contributed by atoms with Crippen LogP contribution in [-0.4, -0.2) is 29.5 Å². The molecule has 0 aromatic heterocycles. The molecule has 0 radical (unpaired) electrons. The lowest BCUT2D eigenvalue weighted by Gasteiger charge is -2.11. The SMILES string of the molecule is CCc1ccc(NCC(O)CO)cc1Br. The van der Waals surface area contributed by atoms with Crippen LogP contribution < -0.4 is 5.32 Å². The molecule has 0 aliphatic carbocycles. The van der Waals surface area contributed by atoms with Crippen molar-refractivity contribution in [1.29, 1.82) is 0 Å². The van der Waals surface area contributed by atoms with Gasteiger partial charge in [0.15, 0.2) is 0 Å². The Bertz CT molecular complexity index is 317. The third-order valence-corrected chi connectivity index (χ3v) is 2.92. The van der Waals surface area contributed by atoms with Gasteiger partial charge in [0.05, 0.1) is 12.7 Å². The first-order chi connectivity index (χ1) is 7.17. The van der Waals surface area contributed by atoms with Crippen molar-refractivity contribution >= 4 is 21.6 Å². The molecule has 0 bridgehead atoms. The van der Waals surface area contributed by atoms with E-state index in [0.717, 1.165) is 16.6 Å². The van der Waals surface area contributed by atoms with Crippen LogP contribution in [0.3, 0.4) is 0 Å². The van der Waals surface area contributed by atoms with E-state index in [9.17, 15) is 0 Å². The van der Waals surface area contributed by atoms with Crippen LogP contribution in [0.25, 0.3) is 0 Å². The van der Waals surface area contributed by atoms with Gasteiger partial charge in [0.2, 0.25) is 0 Å². The molecule has 0 heterocycles. The molecule has 0 spiro atoms. The lowest BCUT2D eigenvalue weighted by Crippen LogP contribution is -2.22. The van der Waals surface area contributed by atoms with Gasteiger partial charge >= 0.3 is 0 Å². The standard InChI is InChI=1S/C11H16BrNO2/c1-2-8-3-4-9(5-11(8)12)13-6-10(15)7-14/h3-5,10,13-15H,2,6-7H2,1H3. The second-order valence-electron chi connectivity index (χ2n) is 3.38. The fraction of sp³-hybridized carbons (Fsp3) is 0.455. The van der Waals surface area contributed by atoms with Gasteiger partial charge in [-0.2, -0.15) is 0 Å². The van der Waals surface area contributed by atoms with Crippen LogP contribution >= 0.6 is 15.9 Å². The van der Waals surface area contributed by atoms with E-state index in [-0.39, 0.29) is 6.61 Å². The van der Waals surface area contributed by atoms with E-state index in [1.165, 1.54) is 5.56 Å². The van der Waals surface area contributed by atoms with Gasteiger partial charge in [0.1, 0.15) is 0 Å². The molecule has 0 amide bonds. The summed E-state index contributed by atoms with van der Waals surface area (Å²) in [6.45, 7) is 2.23. The molecule has 1 unspecified atom stereocenters. The van der Waals surface area contributed by atoms with Gasteiger partial charge in [0, 0.05) is 16.7 Å². The Hall–Kier alpha value is -0.580. The van der Waals surface area contributed by atoms with Crippen molar-refractivity contribution in [3.05, 3.63) is 28.2 Å². The minimum atomic E-state index is -0.713. The highest BCUT2D eigenvalue weighted by atomic mass is 79.9.